The van der Waals surface area contributed by atoms with Crippen molar-refractivity contribution in [2.75, 3.05) is 18.4 Å². The minimum Gasteiger partial charge on any atom is -0.324 e. The molecule has 1 aliphatic rings. The lowest BCUT2D eigenvalue weighted by molar-refractivity contribution is -0.120. The van der Waals surface area contributed by atoms with E-state index in [-0.39, 0.29) is 18.4 Å². The predicted molar refractivity (Wildman–Crippen MR) is 88.7 cm³/mol. The molecule has 0 aromatic carbocycles. The Kier molecular flexibility index (Phi) is 4.74. The minimum atomic E-state index is -3.50. The van der Waals surface area contributed by atoms with Gasteiger partial charge in [0.2, 0.25) is 5.91 Å². The zero-order valence-electron chi connectivity index (χ0n) is 12.4. The van der Waals surface area contributed by atoms with E-state index in [2.05, 4.69) is 10.3 Å². The van der Waals surface area contributed by atoms with Crippen molar-refractivity contribution in [3.8, 4) is 0 Å². The second-order valence-electron chi connectivity index (χ2n) is 5.37. The predicted octanol–water partition coefficient (Wildman–Crippen LogP) is 2.18. The van der Waals surface area contributed by atoms with Crippen LogP contribution >= 0.6 is 11.3 Å². The zero-order valence-corrected chi connectivity index (χ0v) is 14.0. The Hall–Kier alpha value is -1.77. The molecule has 3 rings (SSSR count). The molecule has 0 aliphatic carbocycles. The molecule has 23 heavy (non-hydrogen) atoms. The molecule has 0 bridgehead atoms. The van der Waals surface area contributed by atoms with Gasteiger partial charge in [0.15, 0.2) is 0 Å². The third kappa shape index (κ3) is 3.60. The summed E-state index contributed by atoms with van der Waals surface area (Å²) in [6.45, 7) is 0.670. The summed E-state index contributed by atoms with van der Waals surface area (Å²) >= 11 is 1.20. The van der Waals surface area contributed by atoms with E-state index in [0.29, 0.717) is 29.3 Å². The van der Waals surface area contributed by atoms with Crippen LogP contribution in [0, 0.1) is 5.92 Å². The summed E-state index contributed by atoms with van der Waals surface area (Å²) < 4.78 is 26.9. The number of carbonyl (C=O) groups is 1. The maximum absolute atomic E-state index is 12.6. The lowest BCUT2D eigenvalue weighted by Crippen LogP contribution is -2.43. The minimum absolute atomic E-state index is 0.163. The van der Waals surface area contributed by atoms with Gasteiger partial charge in [0.1, 0.15) is 4.21 Å². The van der Waals surface area contributed by atoms with Gasteiger partial charge in [-0.1, -0.05) is 6.07 Å². The smallest absolute Gasteiger partial charge is 0.252 e. The van der Waals surface area contributed by atoms with Crippen molar-refractivity contribution >= 4 is 33.0 Å². The molecule has 1 atom stereocenters. The van der Waals surface area contributed by atoms with Crippen LogP contribution in [-0.4, -0.2) is 36.7 Å². The number of aromatic nitrogens is 1. The van der Waals surface area contributed by atoms with Crippen LogP contribution in [0.5, 0.6) is 0 Å². The normalized spacial score (nSPS) is 19.4. The van der Waals surface area contributed by atoms with Crippen LogP contribution in [0.1, 0.15) is 12.8 Å². The van der Waals surface area contributed by atoms with Crippen molar-refractivity contribution in [2.24, 2.45) is 5.92 Å². The third-order valence-corrected chi connectivity index (χ3v) is 7.01. The monoisotopic (exact) mass is 351 g/mol. The highest BCUT2D eigenvalue weighted by atomic mass is 32.2. The fraction of sp³-hybridized carbons (Fsp3) is 0.333. The van der Waals surface area contributed by atoms with E-state index in [1.807, 2.05) is 0 Å². The third-order valence-electron chi connectivity index (χ3n) is 3.77. The van der Waals surface area contributed by atoms with Crippen LogP contribution < -0.4 is 5.32 Å². The number of piperidine rings is 1. The van der Waals surface area contributed by atoms with Gasteiger partial charge in [0.05, 0.1) is 17.8 Å². The number of carbonyl (C=O) groups excluding carboxylic acids is 1. The van der Waals surface area contributed by atoms with Gasteiger partial charge in [-0.25, -0.2) is 8.42 Å². The highest BCUT2D eigenvalue weighted by Crippen LogP contribution is 2.26. The Morgan fingerprint density at radius 2 is 2.22 bits per heavy atom. The summed E-state index contributed by atoms with van der Waals surface area (Å²) in [5, 5.41) is 4.54. The van der Waals surface area contributed by atoms with Crippen molar-refractivity contribution in [2.45, 2.75) is 17.1 Å². The van der Waals surface area contributed by atoms with Crippen LogP contribution in [0.4, 0.5) is 5.69 Å². The second-order valence-corrected chi connectivity index (χ2v) is 8.48. The van der Waals surface area contributed by atoms with E-state index in [1.165, 1.54) is 15.6 Å². The van der Waals surface area contributed by atoms with E-state index in [4.69, 9.17) is 0 Å². The van der Waals surface area contributed by atoms with Crippen molar-refractivity contribution in [3.63, 3.8) is 0 Å². The Balaban J connectivity index is 1.70. The molecule has 0 unspecified atom stereocenters. The van der Waals surface area contributed by atoms with Gasteiger partial charge < -0.3 is 5.32 Å². The van der Waals surface area contributed by atoms with E-state index >= 15 is 0 Å². The topological polar surface area (TPSA) is 79.4 Å². The first-order valence-electron chi connectivity index (χ1n) is 7.32. The lowest BCUT2D eigenvalue weighted by atomic mass is 9.99. The maximum atomic E-state index is 12.6. The Morgan fingerprint density at radius 3 is 2.91 bits per heavy atom. The fourth-order valence-electron chi connectivity index (χ4n) is 2.59. The largest absolute Gasteiger partial charge is 0.324 e. The van der Waals surface area contributed by atoms with Crippen molar-refractivity contribution in [1.29, 1.82) is 0 Å². The molecule has 122 valence electrons. The zero-order chi connectivity index (χ0) is 16.3. The molecular formula is C15H17N3O3S2. The van der Waals surface area contributed by atoms with E-state index in [0.717, 1.165) is 0 Å². The first-order valence-corrected chi connectivity index (χ1v) is 9.64. The quantitative estimate of drug-likeness (QED) is 0.916. The highest BCUT2D eigenvalue weighted by Gasteiger charge is 2.33. The van der Waals surface area contributed by atoms with Crippen molar-refractivity contribution in [1.82, 2.24) is 9.29 Å². The van der Waals surface area contributed by atoms with Gasteiger partial charge in [0.25, 0.3) is 10.0 Å². The van der Waals surface area contributed by atoms with Gasteiger partial charge in [0, 0.05) is 19.3 Å². The molecule has 1 N–H and O–H groups in total. The second kappa shape index (κ2) is 6.77. The molecule has 1 amide bonds. The number of thiophene rings is 1. The van der Waals surface area contributed by atoms with Gasteiger partial charge in [-0.2, -0.15) is 4.31 Å². The maximum Gasteiger partial charge on any atom is 0.252 e. The number of nitrogens with zero attached hydrogens (tertiary/aromatic N) is 2. The molecule has 3 heterocycles. The number of anilines is 1. The number of hydrogen-bond acceptors (Lipinski definition) is 5. The van der Waals surface area contributed by atoms with Crippen molar-refractivity contribution in [3.05, 3.63) is 42.0 Å². The van der Waals surface area contributed by atoms with Crippen LogP contribution in [0.2, 0.25) is 0 Å². The first kappa shape index (κ1) is 16.1. The molecule has 0 radical (unpaired) electrons. The van der Waals surface area contributed by atoms with E-state index in [1.54, 1.807) is 42.0 Å². The Bertz CT molecular complexity index is 761. The SMILES string of the molecule is O=C(Nc1cccnc1)[C@@H]1CCCN(S(=O)(=O)c2cccs2)C1. The lowest BCUT2D eigenvalue weighted by Gasteiger charge is -2.30. The summed E-state index contributed by atoms with van der Waals surface area (Å²) in [5.41, 5.74) is 0.621. The molecule has 2 aromatic rings. The number of amides is 1. The molecule has 8 heteroatoms. The van der Waals surface area contributed by atoms with Gasteiger partial charge in [-0.05, 0) is 36.4 Å². The molecule has 1 aliphatic heterocycles. The van der Waals surface area contributed by atoms with Crippen LogP contribution in [0.25, 0.3) is 0 Å². The van der Waals surface area contributed by atoms with Crippen LogP contribution in [0.15, 0.2) is 46.2 Å². The number of sulfonamides is 1. The molecular weight excluding hydrogens is 334 g/mol. The molecule has 6 nitrogen and oxygen atoms in total. The number of pyridine rings is 1. The molecule has 1 fully saturated rings. The standard InChI is InChI=1S/C15H17N3O3S2/c19-15(17-13-5-1-7-16-10-13)12-4-2-8-18(11-12)23(20,21)14-6-3-9-22-14/h1,3,5-7,9-10,12H,2,4,8,11H2,(H,17,19)/t12-/m1/s1. The first-order chi connectivity index (χ1) is 11.1. The molecule has 2 aromatic heterocycles. The number of nitrogens with one attached hydrogen (secondary N) is 1. The van der Waals surface area contributed by atoms with E-state index in [9.17, 15) is 13.2 Å². The van der Waals surface area contributed by atoms with Gasteiger partial charge in [-0.15, -0.1) is 11.3 Å². The fourth-order valence-corrected chi connectivity index (χ4v) is 5.26. The van der Waals surface area contributed by atoms with Crippen LogP contribution in [0.3, 0.4) is 0 Å². The average Bonchev–Trinajstić information content (AvgIpc) is 3.11. The van der Waals surface area contributed by atoms with Gasteiger partial charge in [-0.3, -0.25) is 9.78 Å². The molecule has 0 saturated carbocycles. The van der Waals surface area contributed by atoms with Crippen molar-refractivity contribution < 1.29 is 13.2 Å². The summed E-state index contributed by atoms with van der Waals surface area (Å²) in [6.07, 6.45) is 4.56. The van der Waals surface area contributed by atoms with E-state index < -0.39 is 10.0 Å². The Morgan fingerprint density at radius 1 is 1.35 bits per heavy atom. The van der Waals surface area contributed by atoms with Gasteiger partial charge >= 0.3 is 0 Å². The summed E-state index contributed by atoms with van der Waals surface area (Å²) in [5.74, 6) is -0.511. The summed E-state index contributed by atoms with van der Waals surface area (Å²) in [4.78, 5) is 16.3. The highest BCUT2D eigenvalue weighted by molar-refractivity contribution is 7.91. The summed E-state index contributed by atoms with van der Waals surface area (Å²) in [7, 11) is -3.50. The summed E-state index contributed by atoms with van der Waals surface area (Å²) in [6, 6.07) is 6.81. The molecule has 0 spiro atoms. The number of hydrogen-bond donors (Lipinski definition) is 1. The Labute approximate surface area is 139 Å². The van der Waals surface area contributed by atoms with Crippen LogP contribution in [-0.2, 0) is 14.8 Å². The average molecular weight is 351 g/mol. The molecule has 1 saturated heterocycles. The number of rotatable bonds is 4.